The lowest BCUT2D eigenvalue weighted by Crippen LogP contribution is -2.29. The molecule has 1 heterocycles. The van der Waals surface area contributed by atoms with E-state index in [0.29, 0.717) is 0 Å². The molecule has 128 valence electrons. The quantitative estimate of drug-likeness (QED) is 0.675. The predicted molar refractivity (Wildman–Crippen MR) is 99.6 cm³/mol. The Labute approximate surface area is 147 Å². The van der Waals surface area contributed by atoms with Crippen LogP contribution in [0, 0.1) is 29.1 Å². The van der Waals surface area contributed by atoms with Crippen molar-refractivity contribution < 1.29 is 0 Å². The molecule has 2 heteroatoms. The molecule has 2 fully saturated rings. The average Bonchev–Trinajstić information content (AvgIpc) is 3.03. The monoisotopic (exact) mass is 322 g/mol. The molecule has 1 aromatic carbocycles. The van der Waals surface area contributed by atoms with Crippen molar-refractivity contribution in [3.8, 4) is 6.07 Å². The van der Waals surface area contributed by atoms with Crippen LogP contribution in [0.4, 0.5) is 0 Å². The normalized spacial score (nSPS) is 27.8. The Morgan fingerprint density at radius 1 is 1.25 bits per heavy atom. The lowest BCUT2D eigenvalue weighted by molar-refractivity contribution is 0.275. The average molecular weight is 322 g/mol. The lowest BCUT2D eigenvalue weighted by Gasteiger charge is -2.28. The molecule has 2 aliphatic rings. The van der Waals surface area contributed by atoms with Gasteiger partial charge in [-0.3, -0.25) is 0 Å². The summed E-state index contributed by atoms with van der Waals surface area (Å²) in [5.74, 6) is 2.42. The maximum absolute atomic E-state index is 9.92. The van der Waals surface area contributed by atoms with Crippen molar-refractivity contribution in [1.82, 2.24) is 4.90 Å². The Morgan fingerprint density at radius 3 is 2.46 bits per heavy atom. The highest BCUT2D eigenvalue weighted by molar-refractivity contribution is 5.33. The van der Waals surface area contributed by atoms with Crippen LogP contribution in [0.3, 0.4) is 0 Å². The highest BCUT2D eigenvalue weighted by Crippen LogP contribution is 2.57. The Balaban J connectivity index is 1.57. The standard InChI is InChI=1S/C22H30N2/c1-4-22(16-23,18-10-6-5-7-11-18)13-19-20-14-24(15-21(19)20)12-8-9-17(2)3/h5-7,9-11,19-21H,4,8,12-15H2,1-3H3. The molecule has 0 bridgehead atoms. The van der Waals surface area contributed by atoms with E-state index >= 15 is 0 Å². The number of hydrogen-bond acceptors (Lipinski definition) is 2. The molecular weight excluding hydrogens is 292 g/mol. The van der Waals surface area contributed by atoms with Gasteiger partial charge in [0.1, 0.15) is 0 Å². The summed E-state index contributed by atoms with van der Waals surface area (Å²) in [4.78, 5) is 2.62. The molecule has 0 amide bonds. The van der Waals surface area contributed by atoms with Gasteiger partial charge >= 0.3 is 0 Å². The van der Waals surface area contributed by atoms with Crippen LogP contribution in [0.15, 0.2) is 42.0 Å². The Hall–Kier alpha value is -1.59. The number of rotatable bonds is 7. The Morgan fingerprint density at radius 2 is 1.92 bits per heavy atom. The smallest absolute Gasteiger partial charge is 0.0822 e. The van der Waals surface area contributed by atoms with Crippen molar-refractivity contribution in [2.45, 2.75) is 45.4 Å². The van der Waals surface area contributed by atoms with E-state index in [9.17, 15) is 5.26 Å². The predicted octanol–water partition coefficient (Wildman–Crippen LogP) is 4.78. The number of nitrogens with zero attached hydrogens (tertiary/aromatic N) is 2. The van der Waals surface area contributed by atoms with Crippen LogP contribution in [0.2, 0.25) is 0 Å². The number of piperidine rings is 1. The second-order valence-corrected chi connectivity index (χ2v) is 7.94. The van der Waals surface area contributed by atoms with Crippen molar-refractivity contribution in [1.29, 1.82) is 5.26 Å². The van der Waals surface area contributed by atoms with Crippen molar-refractivity contribution >= 4 is 0 Å². The van der Waals surface area contributed by atoms with Crippen molar-refractivity contribution in [3.63, 3.8) is 0 Å². The van der Waals surface area contributed by atoms with Crippen molar-refractivity contribution in [3.05, 3.63) is 47.5 Å². The van der Waals surface area contributed by atoms with E-state index in [2.05, 4.69) is 62.1 Å². The SMILES string of the molecule is CCC(C#N)(CC1C2CN(CCC=C(C)C)CC21)c1ccccc1. The van der Waals surface area contributed by atoms with Gasteiger partial charge in [-0.2, -0.15) is 5.26 Å². The van der Waals surface area contributed by atoms with E-state index in [-0.39, 0.29) is 5.41 Å². The van der Waals surface area contributed by atoms with Crippen LogP contribution >= 0.6 is 0 Å². The maximum Gasteiger partial charge on any atom is 0.0822 e. The number of allylic oxidation sites excluding steroid dienone is 1. The summed E-state index contributed by atoms with van der Waals surface area (Å²) < 4.78 is 0. The first-order valence-electron chi connectivity index (χ1n) is 9.42. The van der Waals surface area contributed by atoms with E-state index < -0.39 is 0 Å². The maximum atomic E-state index is 9.92. The van der Waals surface area contributed by atoms with E-state index in [1.54, 1.807) is 0 Å². The van der Waals surface area contributed by atoms with Gasteiger partial charge in [0.15, 0.2) is 0 Å². The largest absolute Gasteiger partial charge is 0.302 e. The van der Waals surface area contributed by atoms with E-state index in [1.165, 1.54) is 37.2 Å². The third-order valence-electron chi connectivity index (χ3n) is 6.17. The second kappa shape index (κ2) is 7.11. The zero-order valence-corrected chi connectivity index (χ0v) is 15.3. The van der Waals surface area contributed by atoms with Crippen LogP contribution in [0.5, 0.6) is 0 Å². The number of hydrogen-bond donors (Lipinski definition) is 0. The van der Waals surface area contributed by atoms with Gasteiger partial charge in [0.05, 0.1) is 11.5 Å². The topological polar surface area (TPSA) is 27.0 Å². The van der Waals surface area contributed by atoms with Crippen LogP contribution < -0.4 is 0 Å². The minimum atomic E-state index is -0.289. The Kier molecular flexibility index (Phi) is 5.11. The van der Waals surface area contributed by atoms with E-state index in [4.69, 9.17) is 0 Å². The molecule has 1 aliphatic heterocycles. The molecule has 1 aromatic rings. The fourth-order valence-corrected chi connectivity index (χ4v) is 4.57. The minimum Gasteiger partial charge on any atom is -0.302 e. The highest BCUT2D eigenvalue weighted by atomic mass is 15.2. The molecule has 3 rings (SSSR count). The summed E-state index contributed by atoms with van der Waals surface area (Å²) in [7, 11) is 0. The van der Waals surface area contributed by atoms with Gasteiger partial charge < -0.3 is 4.90 Å². The molecule has 0 radical (unpaired) electrons. The molecule has 0 spiro atoms. The van der Waals surface area contributed by atoms with Gasteiger partial charge in [-0.15, -0.1) is 0 Å². The molecule has 0 aromatic heterocycles. The summed E-state index contributed by atoms with van der Waals surface area (Å²) in [5, 5.41) is 9.92. The van der Waals surface area contributed by atoms with Crippen LogP contribution in [-0.4, -0.2) is 24.5 Å². The zero-order chi connectivity index (χ0) is 17.2. The van der Waals surface area contributed by atoms with Gasteiger partial charge in [0, 0.05) is 19.6 Å². The number of fused-ring (bicyclic) bond motifs is 1. The summed E-state index contributed by atoms with van der Waals surface area (Å²) in [6.07, 6.45) is 5.47. The lowest BCUT2D eigenvalue weighted by atomic mass is 9.74. The van der Waals surface area contributed by atoms with Gasteiger partial charge in [0.25, 0.3) is 0 Å². The number of benzene rings is 1. The third-order valence-corrected chi connectivity index (χ3v) is 6.17. The van der Waals surface area contributed by atoms with E-state index in [0.717, 1.165) is 30.6 Å². The van der Waals surface area contributed by atoms with Gasteiger partial charge in [-0.05, 0) is 56.4 Å². The summed E-state index contributed by atoms with van der Waals surface area (Å²) in [6.45, 7) is 10.2. The van der Waals surface area contributed by atoms with Crippen LogP contribution in [0.25, 0.3) is 0 Å². The summed E-state index contributed by atoms with van der Waals surface area (Å²) in [5.41, 5.74) is 2.34. The molecule has 3 atom stereocenters. The van der Waals surface area contributed by atoms with Crippen molar-refractivity contribution in [2.24, 2.45) is 17.8 Å². The minimum absolute atomic E-state index is 0.289. The molecule has 24 heavy (non-hydrogen) atoms. The van der Waals surface area contributed by atoms with Crippen molar-refractivity contribution in [2.75, 3.05) is 19.6 Å². The van der Waals surface area contributed by atoms with Gasteiger partial charge in [0.2, 0.25) is 0 Å². The molecule has 1 saturated heterocycles. The first kappa shape index (κ1) is 17.2. The number of likely N-dealkylation sites (tertiary alicyclic amines) is 1. The third kappa shape index (κ3) is 3.42. The second-order valence-electron chi connectivity index (χ2n) is 7.94. The first-order valence-corrected chi connectivity index (χ1v) is 9.42. The van der Waals surface area contributed by atoms with Gasteiger partial charge in [-0.1, -0.05) is 48.9 Å². The fraction of sp³-hybridized carbons (Fsp3) is 0.591. The van der Waals surface area contributed by atoms with E-state index in [1.807, 2.05) is 6.07 Å². The molecule has 1 saturated carbocycles. The number of nitriles is 1. The molecule has 1 aliphatic carbocycles. The molecule has 0 N–H and O–H groups in total. The summed E-state index contributed by atoms with van der Waals surface area (Å²) in [6, 6.07) is 13.1. The Bertz CT molecular complexity index is 611. The molecular formula is C22H30N2. The first-order chi connectivity index (χ1) is 11.6. The van der Waals surface area contributed by atoms with Crippen LogP contribution in [-0.2, 0) is 5.41 Å². The molecule has 3 unspecified atom stereocenters. The fourth-order valence-electron chi connectivity index (χ4n) is 4.57. The molecule has 2 nitrogen and oxygen atoms in total. The van der Waals surface area contributed by atoms with Crippen LogP contribution in [0.1, 0.15) is 45.6 Å². The van der Waals surface area contributed by atoms with Gasteiger partial charge in [-0.25, -0.2) is 0 Å². The highest BCUT2D eigenvalue weighted by Gasteiger charge is 2.57. The summed E-state index contributed by atoms with van der Waals surface area (Å²) >= 11 is 0. The zero-order valence-electron chi connectivity index (χ0n) is 15.3.